The van der Waals surface area contributed by atoms with Crippen LogP contribution >= 0.6 is 11.3 Å². The van der Waals surface area contributed by atoms with Gasteiger partial charge in [0.15, 0.2) is 11.5 Å². The van der Waals surface area contributed by atoms with E-state index >= 15 is 0 Å². The van der Waals surface area contributed by atoms with Crippen LogP contribution in [0.1, 0.15) is 57.5 Å². The third kappa shape index (κ3) is 4.95. The van der Waals surface area contributed by atoms with Crippen molar-refractivity contribution in [2.45, 2.75) is 31.6 Å². The fourth-order valence-electron chi connectivity index (χ4n) is 4.46. The highest BCUT2D eigenvalue weighted by molar-refractivity contribution is 7.15. The Morgan fingerprint density at radius 3 is 2.58 bits per heavy atom. The van der Waals surface area contributed by atoms with Gasteiger partial charge in [-0.05, 0) is 49.3 Å². The first-order chi connectivity index (χ1) is 17.7. The number of para-hydroxylation sites is 1. The second kappa shape index (κ2) is 9.93. The summed E-state index contributed by atoms with van der Waals surface area (Å²) in [5, 5.41) is 4.04. The predicted molar refractivity (Wildman–Crippen MR) is 138 cm³/mol. The van der Waals surface area contributed by atoms with E-state index in [4.69, 9.17) is 14.5 Å². The molecule has 0 atom stereocenters. The first-order valence-corrected chi connectivity index (χ1v) is 13.5. The maximum Gasteiger partial charge on any atom is 0.274 e. The summed E-state index contributed by atoms with van der Waals surface area (Å²) >= 11 is 1.65. The molecule has 1 N–H and O–H groups in total. The minimum Gasteiger partial charge on any atom is -0.486 e. The molecule has 2 fully saturated rings. The van der Waals surface area contributed by atoms with Crippen LogP contribution in [-0.2, 0) is 0 Å². The van der Waals surface area contributed by atoms with Gasteiger partial charge in [-0.25, -0.2) is 4.98 Å². The number of carbonyl (C=O) groups excluding carboxylic acids is 2. The van der Waals surface area contributed by atoms with Gasteiger partial charge < -0.3 is 19.7 Å². The summed E-state index contributed by atoms with van der Waals surface area (Å²) < 4.78 is 11.3. The molecule has 186 valence electrons. The van der Waals surface area contributed by atoms with Crippen LogP contribution in [-0.4, -0.2) is 54.5 Å². The number of rotatable bonds is 9. The molecule has 2 amide bonds. The topological polar surface area (TPSA) is 80.8 Å². The van der Waals surface area contributed by atoms with Gasteiger partial charge in [-0.1, -0.05) is 36.4 Å². The molecule has 8 heteroatoms. The van der Waals surface area contributed by atoms with Crippen LogP contribution in [0.4, 0.5) is 0 Å². The van der Waals surface area contributed by atoms with Gasteiger partial charge in [0.2, 0.25) is 0 Å². The van der Waals surface area contributed by atoms with Crippen molar-refractivity contribution in [3.63, 3.8) is 0 Å². The van der Waals surface area contributed by atoms with Crippen molar-refractivity contribution in [1.82, 2.24) is 15.2 Å². The van der Waals surface area contributed by atoms with Crippen molar-refractivity contribution in [3.8, 4) is 21.9 Å². The lowest BCUT2D eigenvalue weighted by molar-refractivity contribution is 0.0736. The molecule has 0 saturated heterocycles. The molecule has 0 bridgehead atoms. The summed E-state index contributed by atoms with van der Waals surface area (Å²) in [5.41, 5.74) is 2.02. The van der Waals surface area contributed by atoms with Crippen LogP contribution in [0.2, 0.25) is 0 Å². The summed E-state index contributed by atoms with van der Waals surface area (Å²) in [6.45, 7) is 2.36. The van der Waals surface area contributed by atoms with Crippen LogP contribution < -0.4 is 14.8 Å². The number of hydrogen-bond donors (Lipinski definition) is 1. The van der Waals surface area contributed by atoms with Crippen LogP contribution in [0.3, 0.4) is 0 Å². The lowest BCUT2D eigenvalue weighted by atomic mass is 10.1. The van der Waals surface area contributed by atoms with E-state index < -0.39 is 0 Å². The summed E-state index contributed by atoms with van der Waals surface area (Å²) in [6.07, 6.45) is 4.56. The van der Waals surface area contributed by atoms with E-state index in [2.05, 4.69) is 5.32 Å². The van der Waals surface area contributed by atoms with Crippen LogP contribution in [0.25, 0.3) is 10.4 Å². The summed E-state index contributed by atoms with van der Waals surface area (Å²) in [7, 11) is 0. The van der Waals surface area contributed by atoms with E-state index in [9.17, 15) is 9.59 Å². The Hall–Kier alpha value is -3.39. The highest BCUT2D eigenvalue weighted by Crippen LogP contribution is 2.45. The normalized spacial score (nSPS) is 16.4. The number of nitrogens with zero attached hydrogens (tertiary/aromatic N) is 2. The number of ether oxygens (including phenoxy) is 2. The molecule has 1 aromatic heterocycles. The quantitative estimate of drug-likeness (QED) is 0.456. The van der Waals surface area contributed by atoms with Gasteiger partial charge in [0.25, 0.3) is 11.8 Å². The lowest BCUT2D eigenvalue weighted by Crippen LogP contribution is -2.40. The van der Waals surface area contributed by atoms with Crippen LogP contribution in [0, 0.1) is 5.92 Å². The smallest absolute Gasteiger partial charge is 0.274 e. The number of hydrogen-bond acceptors (Lipinski definition) is 6. The molecule has 2 heterocycles. The largest absolute Gasteiger partial charge is 0.486 e. The van der Waals surface area contributed by atoms with E-state index in [0.29, 0.717) is 67.4 Å². The lowest BCUT2D eigenvalue weighted by Gasteiger charge is -2.23. The van der Waals surface area contributed by atoms with Gasteiger partial charge in [-0.15, -0.1) is 11.3 Å². The van der Waals surface area contributed by atoms with Gasteiger partial charge in [0.1, 0.15) is 18.9 Å². The zero-order valence-electron chi connectivity index (χ0n) is 20.1. The molecule has 0 spiro atoms. The van der Waals surface area contributed by atoms with E-state index in [1.54, 1.807) is 29.5 Å². The van der Waals surface area contributed by atoms with Crippen molar-refractivity contribution < 1.29 is 19.1 Å². The molecular weight excluding hydrogens is 474 g/mol. The van der Waals surface area contributed by atoms with Gasteiger partial charge >= 0.3 is 0 Å². The summed E-state index contributed by atoms with van der Waals surface area (Å²) in [5.74, 6) is 1.80. The van der Waals surface area contributed by atoms with Crippen molar-refractivity contribution in [2.24, 2.45) is 5.92 Å². The minimum absolute atomic E-state index is 0.0491. The number of benzene rings is 2. The minimum atomic E-state index is -0.231. The Balaban J connectivity index is 1.18. The average Bonchev–Trinajstić information content (AvgIpc) is 3.86. The molecule has 1 aliphatic heterocycles. The zero-order chi connectivity index (χ0) is 24.5. The van der Waals surface area contributed by atoms with Gasteiger partial charge in [0, 0.05) is 25.6 Å². The number of amides is 2. The monoisotopic (exact) mass is 503 g/mol. The second-order valence-corrected chi connectivity index (χ2v) is 10.7. The number of aromatic nitrogens is 1. The summed E-state index contributed by atoms with van der Waals surface area (Å²) in [4.78, 5) is 34.4. The Morgan fingerprint density at radius 1 is 1.00 bits per heavy atom. The van der Waals surface area contributed by atoms with Gasteiger partial charge in [-0.3, -0.25) is 9.59 Å². The number of nitrogens with one attached hydrogen (secondary N) is 1. The summed E-state index contributed by atoms with van der Waals surface area (Å²) in [6, 6.07) is 15.4. The van der Waals surface area contributed by atoms with Crippen molar-refractivity contribution in [1.29, 1.82) is 0 Å². The molecule has 7 nitrogen and oxygen atoms in total. The Bertz CT molecular complexity index is 1270. The Labute approximate surface area is 214 Å². The number of carbonyl (C=O) groups is 2. The molecule has 36 heavy (non-hydrogen) atoms. The van der Waals surface area contributed by atoms with Crippen LogP contribution in [0.5, 0.6) is 11.5 Å². The Morgan fingerprint density at radius 2 is 1.81 bits per heavy atom. The van der Waals surface area contributed by atoms with Crippen molar-refractivity contribution >= 4 is 23.2 Å². The zero-order valence-corrected chi connectivity index (χ0v) is 20.9. The molecule has 2 aliphatic carbocycles. The first-order valence-electron chi connectivity index (χ1n) is 12.7. The standard InChI is InChI=1S/C28H29N3O4S/c32-26(21-7-4-8-22-24(21)35-16-15-34-22)29-13-14-31(17-18-9-10-18)28(33)23-25(19-5-2-1-3-6-19)36-27(30-23)20-11-12-20/h1-8,18,20H,9-17H2,(H,29,32). The molecular formula is C28H29N3O4S. The van der Waals surface area contributed by atoms with E-state index in [1.807, 2.05) is 35.2 Å². The molecule has 3 aliphatic rings. The fourth-order valence-corrected chi connectivity index (χ4v) is 5.69. The van der Waals surface area contributed by atoms with E-state index in [0.717, 1.165) is 41.1 Å². The maximum atomic E-state index is 13.8. The molecule has 0 unspecified atom stereocenters. The highest BCUT2D eigenvalue weighted by atomic mass is 32.1. The van der Waals surface area contributed by atoms with Crippen LogP contribution in [0.15, 0.2) is 48.5 Å². The maximum absolute atomic E-state index is 13.8. The van der Waals surface area contributed by atoms with Gasteiger partial charge in [-0.2, -0.15) is 0 Å². The fraction of sp³-hybridized carbons (Fsp3) is 0.393. The van der Waals surface area contributed by atoms with E-state index in [1.165, 1.54) is 0 Å². The third-order valence-electron chi connectivity index (χ3n) is 6.75. The average molecular weight is 504 g/mol. The molecule has 2 saturated carbocycles. The Kier molecular flexibility index (Phi) is 6.35. The first kappa shape index (κ1) is 23.0. The van der Waals surface area contributed by atoms with Gasteiger partial charge in [0.05, 0.1) is 15.4 Å². The second-order valence-electron chi connectivity index (χ2n) is 9.65. The van der Waals surface area contributed by atoms with E-state index in [-0.39, 0.29) is 11.8 Å². The molecule has 0 radical (unpaired) electrons. The van der Waals surface area contributed by atoms with Crippen molar-refractivity contribution in [3.05, 3.63) is 64.8 Å². The molecule has 3 aromatic rings. The third-order valence-corrected chi connectivity index (χ3v) is 8.02. The molecule has 6 rings (SSSR count). The highest BCUT2D eigenvalue weighted by Gasteiger charge is 2.33. The number of thiazole rings is 1. The molecule has 2 aromatic carbocycles. The predicted octanol–water partition coefficient (Wildman–Crippen LogP) is 4.74. The number of fused-ring (bicyclic) bond motifs is 1. The SMILES string of the molecule is O=C(NCCN(CC1CC1)C(=O)c1nc(C2CC2)sc1-c1ccccc1)c1cccc2c1OCCO2. The van der Waals surface area contributed by atoms with Crippen molar-refractivity contribution in [2.75, 3.05) is 32.8 Å².